The van der Waals surface area contributed by atoms with Crippen LogP contribution < -0.4 is 4.74 Å². The van der Waals surface area contributed by atoms with Gasteiger partial charge in [-0.1, -0.05) is 39.7 Å². The van der Waals surface area contributed by atoms with E-state index in [1.165, 1.54) is 0 Å². The fourth-order valence-electron chi connectivity index (χ4n) is 1.93. The molecule has 0 amide bonds. The SMILES string of the molecule is COc1cc(C)c(Br)cc1C(Cl)c1cccc(Br)c1Cl. The number of aryl methyl sites for hydroxylation is 1. The fraction of sp³-hybridized carbons (Fsp3) is 0.200. The summed E-state index contributed by atoms with van der Waals surface area (Å²) in [4.78, 5) is 0. The first-order chi connectivity index (χ1) is 9.45. The third kappa shape index (κ3) is 3.16. The number of ether oxygens (including phenoxy) is 1. The Morgan fingerprint density at radius 1 is 1.10 bits per heavy atom. The summed E-state index contributed by atoms with van der Waals surface area (Å²) in [5.74, 6) is 0.752. The first kappa shape index (κ1) is 16.2. The summed E-state index contributed by atoms with van der Waals surface area (Å²) in [6.45, 7) is 2.01. The standard InChI is InChI=1S/C15H12Br2Cl2O/c1-8-6-13(20-2)10(7-12(8)17)14(18)9-4-3-5-11(16)15(9)19/h3-7,14H,1-2H3. The van der Waals surface area contributed by atoms with Crippen molar-refractivity contribution in [3.8, 4) is 5.75 Å². The normalized spacial score (nSPS) is 12.3. The minimum absolute atomic E-state index is 0.383. The van der Waals surface area contributed by atoms with Crippen LogP contribution in [0.15, 0.2) is 39.3 Å². The number of methoxy groups -OCH3 is 1. The molecule has 0 saturated heterocycles. The lowest BCUT2D eigenvalue weighted by Crippen LogP contribution is -1.99. The Kier molecular flexibility index (Phi) is 5.41. The summed E-state index contributed by atoms with van der Waals surface area (Å²) in [6, 6.07) is 9.65. The molecule has 20 heavy (non-hydrogen) atoms. The molecule has 5 heteroatoms. The molecule has 0 fully saturated rings. The Labute approximate surface area is 145 Å². The Hall–Kier alpha value is -0.220. The number of alkyl halides is 1. The molecule has 1 atom stereocenters. The Morgan fingerprint density at radius 3 is 2.45 bits per heavy atom. The van der Waals surface area contributed by atoms with E-state index in [0.717, 1.165) is 31.4 Å². The van der Waals surface area contributed by atoms with E-state index in [0.29, 0.717) is 5.02 Å². The maximum Gasteiger partial charge on any atom is 0.124 e. The van der Waals surface area contributed by atoms with Gasteiger partial charge in [0.05, 0.1) is 17.5 Å². The van der Waals surface area contributed by atoms with E-state index in [1.807, 2.05) is 37.3 Å². The van der Waals surface area contributed by atoms with Gasteiger partial charge >= 0.3 is 0 Å². The van der Waals surface area contributed by atoms with Crippen LogP contribution >= 0.6 is 55.1 Å². The van der Waals surface area contributed by atoms with Crippen molar-refractivity contribution in [2.45, 2.75) is 12.3 Å². The molecule has 1 nitrogen and oxygen atoms in total. The average molecular weight is 439 g/mol. The van der Waals surface area contributed by atoms with Gasteiger partial charge in [0.15, 0.2) is 0 Å². The summed E-state index contributed by atoms with van der Waals surface area (Å²) in [5.41, 5.74) is 2.82. The molecule has 0 radical (unpaired) electrons. The molecule has 0 N–H and O–H groups in total. The van der Waals surface area contributed by atoms with Crippen molar-refractivity contribution in [1.29, 1.82) is 0 Å². The minimum Gasteiger partial charge on any atom is -0.496 e. The number of rotatable bonds is 3. The highest BCUT2D eigenvalue weighted by atomic mass is 79.9. The lowest BCUT2D eigenvalue weighted by molar-refractivity contribution is 0.409. The van der Waals surface area contributed by atoms with Crippen LogP contribution in [0.5, 0.6) is 5.75 Å². The van der Waals surface area contributed by atoms with E-state index in [1.54, 1.807) is 7.11 Å². The predicted molar refractivity (Wildman–Crippen MR) is 92.3 cm³/mol. The number of hydrogen-bond acceptors (Lipinski definition) is 1. The van der Waals surface area contributed by atoms with Gasteiger partial charge in [0, 0.05) is 14.5 Å². The average Bonchev–Trinajstić information content (AvgIpc) is 2.43. The van der Waals surface area contributed by atoms with Gasteiger partial charge in [-0.25, -0.2) is 0 Å². The molecule has 0 aliphatic heterocycles. The van der Waals surface area contributed by atoms with Crippen molar-refractivity contribution in [2.24, 2.45) is 0 Å². The molecule has 2 aromatic rings. The number of hydrogen-bond donors (Lipinski definition) is 0. The van der Waals surface area contributed by atoms with Gasteiger partial charge in [0.2, 0.25) is 0 Å². The maximum absolute atomic E-state index is 6.61. The fourth-order valence-corrected chi connectivity index (χ4v) is 3.31. The van der Waals surface area contributed by atoms with Crippen molar-refractivity contribution < 1.29 is 4.74 Å². The van der Waals surface area contributed by atoms with Crippen LogP contribution in [0, 0.1) is 6.92 Å². The first-order valence-electron chi connectivity index (χ1n) is 5.87. The van der Waals surface area contributed by atoms with Gasteiger partial charge in [-0.3, -0.25) is 0 Å². The highest BCUT2D eigenvalue weighted by molar-refractivity contribution is 9.10. The first-order valence-corrected chi connectivity index (χ1v) is 8.27. The van der Waals surface area contributed by atoms with Crippen LogP contribution in [-0.4, -0.2) is 7.11 Å². The molecule has 0 aromatic heterocycles. The molecular weight excluding hydrogens is 427 g/mol. The van der Waals surface area contributed by atoms with Crippen molar-refractivity contribution in [1.82, 2.24) is 0 Å². The molecule has 106 valence electrons. The van der Waals surface area contributed by atoms with Crippen LogP contribution in [0.25, 0.3) is 0 Å². The van der Waals surface area contributed by atoms with Crippen LogP contribution in [0.4, 0.5) is 0 Å². The molecule has 0 bridgehead atoms. The predicted octanol–water partition coefficient (Wildman–Crippen LogP) is 6.51. The van der Waals surface area contributed by atoms with Crippen molar-refractivity contribution >= 4 is 55.1 Å². The van der Waals surface area contributed by atoms with Crippen molar-refractivity contribution in [3.05, 3.63) is 61.0 Å². The molecule has 2 aromatic carbocycles. The van der Waals surface area contributed by atoms with Crippen LogP contribution in [-0.2, 0) is 0 Å². The van der Waals surface area contributed by atoms with Crippen LogP contribution in [0.3, 0.4) is 0 Å². The van der Waals surface area contributed by atoms with E-state index in [4.69, 9.17) is 27.9 Å². The second-order valence-corrected chi connectivity index (χ2v) is 6.87. The monoisotopic (exact) mass is 436 g/mol. The summed E-state index contributed by atoms with van der Waals surface area (Å²) in [7, 11) is 1.64. The summed E-state index contributed by atoms with van der Waals surface area (Å²) >= 11 is 19.9. The van der Waals surface area contributed by atoms with Gasteiger partial charge in [-0.2, -0.15) is 0 Å². The van der Waals surface area contributed by atoms with Gasteiger partial charge in [-0.15, -0.1) is 11.6 Å². The number of benzene rings is 2. The smallest absolute Gasteiger partial charge is 0.124 e. The Bertz CT molecular complexity index is 644. The molecule has 2 rings (SSSR count). The molecule has 0 aliphatic carbocycles. The van der Waals surface area contributed by atoms with Crippen LogP contribution in [0.2, 0.25) is 5.02 Å². The third-order valence-corrected chi connectivity index (χ3v) is 5.67. The minimum atomic E-state index is -0.383. The zero-order valence-corrected chi connectivity index (χ0v) is 15.6. The highest BCUT2D eigenvalue weighted by Gasteiger charge is 2.20. The Morgan fingerprint density at radius 2 is 1.80 bits per heavy atom. The third-order valence-electron chi connectivity index (χ3n) is 3.04. The van der Waals surface area contributed by atoms with E-state index < -0.39 is 0 Å². The molecule has 0 aliphatic rings. The molecule has 1 unspecified atom stereocenters. The lowest BCUT2D eigenvalue weighted by Gasteiger charge is -2.17. The lowest BCUT2D eigenvalue weighted by atomic mass is 10.0. The topological polar surface area (TPSA) is 9.23 Å². The van der Waals surface area contributed by atoms with Crippen molar-refractivity contribution in [2.75, 3.05) is 7.11 Å². The van der Waals surface area contributed by atoms with Gasteiger partial charge < -0.3 is 4.74 Å². The van der Waals surface area contributed by atoms with Gasteiger partial charge in [-0.05, 0) is 52.2 Å². The second-order valence-electron chi connectivity index (χ2n) is 4.35. The molecule has 0 saturated carbocycles. The van der Waals surface area contributed by atoms with Gasteiger partial charge in [0.25, 0.3) is 0 Å². The Balaban J connectivity index is 2.55. The van der Waals surface area contributed by atoms with E-state index in [9.17, 15) is 0 Å². The van der Waals surface area contributed by atoms with Crippen LogP contribution in [0.1, 0.15) is 22.1 Å². The van der Waals surface area contributed by atoms with E-state index in [2.05, 4.69) is 31.9 Å². The quantitative estimate of drug-likeness (QED) is 0.496. The highest BCUT2D eigenvalue weighted by Crippen LogP contribution is 2.42. The molecular formula is C15H12Br2Cl2O. The zero-order valence-electron chi connectivity index (χ0n) is 10.9. The van der Waals surface area contributed by atoms with Gasteiger partial charge in [0.1, 0.15) is 5.75 Å². The van der Waals surface area contributed by atoms with Crippen molar-refractivity contribution in [3.63, 3.8) is 0 Å². The molecule has 0 heterocycles. The van der Waals surface area contributed by atoms with E-state index >= 15 is 0 Å². The maximum atomic E-state index is 6.61. The molecule has 0 spiro atoms. The second kappa shape index (κ2) is 6.69. The summed E-state index contributed by atoms with van der Waals surface area (Å²) < 4.78 is 7.25. The number of halogens is 4. The largest absolute Gasteiger partial charge is 0.496 e. The zero-order chi connectivity index (χ0) is 14.9. The van der Waals surface area contributed by atoms with E-state index in [-0.39, 0.29) is 5.38 Å². The summed E-state index contributed by atoms with van der Waals surface area (Å²) in [5, 5.41) is 0.234. The summed E-state index contributed by atoms with van der Waals surface area (Å²) in [6.07, 6.45) is 0.